The molecule has 1 amide bonds. The predicted molar refractivity (Wildman–Crippen MR) is 83.3 cm³/mol. The van der Waals surface area contributed by atoms with E-state index in [1.165, 1.54) is 0 Å². The van der Waals surface area contributed by atoms with Gasteiger partial charge in [-0.05, 0) is 36.6 Å². The zero-order valence-electron chi connectivity index (χ0n) is 13.2. The van der Waals surface area contributed by atoms with Gasteiger partial charge in [0, 0.05) is 38.5 Å². The molecule has 1 aromatic carbocycles. The number of rotatable bonds is 7. The van der Waals surface area contributed by atoms with Gasteiger partial charge in [-0.25, -0.2) is 0 Å². The Bertz CT molecular complexity index is 444. The van der Waals surface area contributed by atoms with E-state index in [0.29, 0.717) is 19.1 Å². The van der Waals surface area contributed by atoms with Crippen LogP contribution in [-0.4, -0.2) is 44.7 Å². The summed E-state index contributed by atoms with van der Waals surface area (Å²) in [7, 11) is 3.53. The molecular formula is C16H26N2O2. The highest BCUT2D eigenvalue weighted by Crippen LogP contribution is 2.17. The van der Waals surface area contributed by atoms with Gasteiger partial charge in [0.15, 0.2) is 0 Å². The number of ether oxygens (including phenoxy) is 1. The number of aryl methyl sites for hydroxylation is 1. The Morgan fingerprint density at radius 3 is 2.60 bits per heavy atom. The number of hydrogen-bond donors (Lipinski definition) is 1. The van der Waals surface area contributed by atoms with Crippen molar-refractivity contribution in [3.05, 3.63) is 29.3 Å². The van der Waals surface area contributed by atoms with Crippen molar-refractivity contribution in [1.29, 1.82) is 0 Å². The van der Waals surface area contributed by atoms with Gasteiger partial charge in [0.05, 0.1) is 6.61 Å². The zero-order chi connectivity index (χ0) is 15.1. The molecule has 4 heteroatoms. The SMILES string of the molecule is CNc1ccc(C(=O)N(CCOC)CC(C)C)c(C)c1. The fourth-order valence-corrected chi connectivity index (χ4v) is 2.15. The van der Waals surface area contributed by atoms with Crippen molar-refractivity contribution < 1.29 is 9.53 Å². The minimum absolute atomic E-state index is 0.0795. The summed E-state index contributed by atoms with van der Waals surface area (Å²) >= 11 is 0. The van der Waals surface area contributed by atoms with Crippen LogP contribution in [0.5, 0.6) is 0 Å². The van der Waals surface area contributed by atoms with Crippen molar-refractivity contribution >= 4 is 11.6 Å². The number of carbonyl (C=O) groups is 1. The molecule has 0 heterocycles. The van der Waals surface area contributed by atoms with Crippen LogP contribution in [0.2, 0.25) is 0 Å². The van der Waals surface area contributed by atoms with Crippen LogP contribution in [0.25, 0.3) is 0 Å². The van der Waals surface area contributed by atoms with Crippen LogP contribution in [-0.2, 0) is 4.74 Å². The number of benzene rings is 1. The maximum absolute atomic E-state index is 12.7. The standard InChI is InChI=1S/C16H26N2O2/c1-12(2)11-18(8-9-20-5)16(19)15-7-6-14(17-4)10-13(15)3/h6-7,10,12,17H,8-9,11H2,1-5H3. The summed E-state index contributed by atoms with van der Waals surface area (Å²) in [6.45, 7) is 8.13. The lowest BCUT2D eigenvalue weighted by Gasteiger charge is -2.25. The molecule has 1 rings (SSSR count). The Balaban J connectivity index is 2.92. The summed E-state index contributed by atoms with van der Waals surface area (Å²) in [6.07, 6.45) is 0. The molecule has 0 aromatic heterocycles. The van der Waals surface area contributed by atoms with E-state index in [-0.39, 0.29) is 5.91 Å². The fourth-order valence-electron chi connectivity index (χ4n) is 2.15. The molecule has 0 fully saturated rings. The average Bonchev–Trinajstić information content (AvgIpc) is 2.42. The van der Waals surface area contributed by atoms with Gasteiger partial charge in [-0.1, -0.05) is 13.8 Å². The van der Waals surface area contributed by atoms with Crippen molar-refractivity contribution in [3.8, 4) is 0 Å². The highest BCUT2D eigenvalue weighted by molar-refractivity contribution is 5.96. The monoisotopic (exact) mass is 278 g/mol. The van der Waals surface area contributed by atoms with Crippen molar-refractivity contribution in [3.63, 3.8) is 0 Å². The van der Waals surface area contributed by atoms with Gasteiger partial charge < -0.3 is 15.0 Å². The molecule has 0 aliphatic heterocycles. The molecule has 0 spiro atoms. The molecular weight excluding hydrogens is 252 g/mol. The highest BCUT2D eigenvalue weighted by atomic mass is 16.5. The summed E-state index contributed by atoms with van der Waals surface area (Å²) in [5, 5.41) is 3.08. The third-order valence-corrected chi connectivity index (χ3v) is 3.18. The molecule has 0 bridgehead atoms. The van der Waals surface area contributed by atoms with E-state index in [0.717, 1.165) is 23.4 Å². The minimum atomic E-state index is 0.0795. The molecule has 1 aromatic rings. The molecule has 0 unspecified atom stereocenters. The number of anilines is 1. The fraction of sp³-hybridized carbons (Fsp3) is 0.562. The van der Waals surface area contributed by atoms with Gasteiger partial charge in [-0.2, -0.15) is 0 Å². The number of amides is 1. The topological polar surface area (TPSA) is 41.6 Å². The van der Waals surface area contributed by atoms with Crippen molar-refractivity contribution in [2.45, 2.75) is 20.8 Å². The smallest absolute Gasteiger partial charge is 0.254 e. The van der Waals surface area contributed by atoms with E-state index < -0.39 is 0 Å². The Morgan fingerprint density at radius 1 is 1.40 bits per heavy atom. The lowest BCUT2D eigenvalue weighted by atomic mass is 10.1. The third kappa shape index (κ3) is 4.53. The van der Waals surface area contributed by atoms with E-state index in [1.54, 1.807) is 7.11 Å². The summed E-state index contributed by atoms with van der Waals surface area (Å²) in [6, 6.07) is 5.82. The molecule has 0 aliphatic rings. The van der Waals surface area contributed by atoms with Gasteiger partial charge in [0.1, 0.15) is 0 Å². The van der Waals surface area contributed by atoms with Crippen LogP contribution < -0.4 is 5.32 Å². The van der Waals surface area contributed by atoms with E-state index in [4.69, 9.17) is 4.74 Å². The number of carbonyl (C=O) groups excluding carboxylic acids is 1. The number of methoxy groups -OCH3 is 1. The largest absolute Gasteiger partial charge is 0.388 e. The van der Waals surface area contributed by atoms with E-state index in [9.17, 15) is 4.79 Å². The highest BCUT2D eigenvalue weighted by Gasteiger charge is 2.18. The molecule has 0 saturated carbocycles. The maximum Gasteiger partial charge on any atom is 0.254 e. The number of nitrogens with zero attached hydrogens (tertiary/aromatic N) is 1. The molecule has 0 saturated heterocycles. The molecule has 0 aliphatic carbocycles. The second kappa shape index (κ2) is 7.90. The summed E-state index contributed by atoms with van der Waals surface area (Å²) in [4.78, 5) is 14.5. The van der Waals surface area contributed by atoms with Gasteiger partial charge in [0.25, 0.3) is 5.91 Å². The van der Waals surface area contributed by atoms with Crippen LogP contribution >= 0.6 is 0 Å². The first-order chi connectivity index (χ1) is 9.49. The quantitative estimate of drug-likeness (QED) is 0.834. The predicted octanol–water partition coefficient (Wildman–Crippen LogP) is 2.78. The summed E-state index contributed by atoms with van der Waals surface area (Å²) < 4.78 is 5.10. The normalized spacial score (nSPS) is 10.7. The van der Waals surface area contributed by atoms with Crippen molar-refractivity contribution in [2.75, 3.05) is 39.2 Å². The lowest BCUT2D eigenvalue weighted by Crippen LogP contribution is -2.37. The van der Waals surface area contributed by atoms with Crippen molar-refractivity contribution in [1.82, 2.24) is 4.90 Å². The van der Waals surface area contributed by atoms with Crippen LogP contribution in [0.1, 0.15) is 29.8 Å². The van der Waals surface area contributed by atoms with Gasteiger partial charge in [-0.15, -0.1) is 0 Å². The third-order valence-electron chi connectivity index (χ3n) is 3.18. The molecule has 1 N–H and O–H groups in total. The molecule has 0 radical (unpaired) electrons. The van der Waals surface area contributed by atoms with Crippen LogP contribution in [0.15, 0.2) is 18.2 Å². The first kappa shape index (κ1) is 16.5. The van der Waals surface area contributed by atoms with Crippen molar-refractivity contribution in [2.24, 2.45) is 5.92 Å². The van der Waals surface area contributed by atoms with E-state index >= 15 is 0 Å². The van der Waals surface area contributed by atoms with Crippen LogP contribution in [0.3, 0.4) is 0 Å². The Labute approximate surface area is 122 Å². The molecule has 20 heavy (non-hydrogen) atoms. The molecule has 0 atom stereocenters. The van der Waals surface area contributed by atoms with Gasteiger partial charge in [-0.3, -0.25) is 4.79 Å². The first-order valence-electron chi connectivity index (χ1n) is 7.06. The first-order valence-corrected chi connectivity index (χ1v) is 7.06. The number of hydrogen-bond acceptors (Lipinski definition) is 3. The Hall–Kier alpha value is -1.55. The number of nitrogens with one attached hydrogen (secondary N) is 1. The Morgan fingerprint density at radius 2 is 2.10 bits per heavy atom. The maximum atomic E-state index is 12.7. The summed E-state index contributed by atoms with van der Waals surface area (Å²) in [5.41, 5.74) is 2.78. The van der Waals surface area contributed by atoms with Crippen LogP contribution in [0, 0.1) is 12.8 Å². The van der Waals surface area contributed by atoms with Gasteiger partial charge >= 0.3 is 0 Å². The molecule has 112 valence electrons. The second-order valence-electron chi connectivity index (χ2n) is 5.42. The van der Waals surface area contributed by atoms with E-state index in [1.807, 2.05) is 37.1 Å². The average molecular weight is 278 g/mol. The van der Waals surface area contributed by atoms with E-state index in [2.05, 4.69) is 19.2 Å². The lowest BCUT2D eigenvalue weighted by molar-refractivity contribution is 0.0671. The summed E-state index contributed by atoms with van der Waals surface area (Å²) in [5.74, 6) is 0.517. The Kier molecular flexibility index (Phi) is 6.52. The molecule has 4 nitrogen and oxygen atoms in total. The minimum Gasteiger partial charge on any atom is -0.388 e. The van der Waals surface area contributed by atoms with Crippen LogP contribution in [0.4, 0.5) is 5.69 Å². The second-order valence-corrected chi connectivity index (χ2v) is 5.42. The zero-order valence-corrected chi connectivity index (χ0v) is 13.2. The van der Waals surface area contributed by atoms with Gasteiger partial charge in [0.2, 0.25) is 0 Å².